The van der Waals surface area contributed by atoms with Crippen molar-refractivity contribution in [2.75, 3.05) is 26.2 Å². The second kappa shape index (κ2) is 5.39. The number of benzene rings is 1. The highest BCUT2D eigenvalue weighted by Crippen LogP contribution is 2.36. The third kappa shape index (κ3) is 3.01. The zero-order valence-electron chi connectivity index (χ0n) is 12.2. The predicted molar refractivity (Wildman–Crippen MR) is 77.9 cm³/mol. The van der Waals surface area contributed by atoms with Crippen molar-refractivity contribution in [2.24, 2.45) is 5.41 Å². The van der Waals surface area contributed by atoms with Crippen molar-refractivity contribution in [2.45, 2.75) is 19.8 Å². The maximum Gasteiger partial charge on any atom is 0.260 e. The second-order valence-electron chi connectivity index (χ2n) is 6.12. The van der Waals surface area contributed by atoms with E-state index in [1.54, 1.807) is 0 Å². The normalized spacial score (nSPS) is 24.4. The summed E-state index contributed by atoms with van der Waals surface area (Å²) < 4.78 is 5.53. The number of aryl methyl sites for hydroxylation is 1. The van der Waals surface area contributed by atoms with Gasteiger partial charge < -0.3 is 15.0 Å². The summed E-state index contributed by atoms with van der Waals surface area (Å²) in [6.45, 7) is 4.12. The first-order chi connectivity index (χ1) is 10.1. The molecule has 1 atom stereocenters. The van der Waals surface area contributed by atoms with Gasteiger partial charge in [-0.2, -0.15) is 0 Å². The number of amides is 2. The molecule has 0 aromatic heterocycles. The van der Waals surface area contributed by atoms with Crippen LogP contribution in [0.5, 0.6) is 5.75 Å². The SMILES string of the molecule is Cc1ccc(OCC(=O)N2CCC3(CNC(=O)C3)C2)cc1. The monoisotopic (exact) mass is 288 g/mol. The lowest BCUT2D eigenvalue weighted by molar-refractivity contribution is -0.132. The summed E-state index contributed by atoms with van der Waals surface area (Å²) in [6, 6.07) is 7.65. The summed E-state index contributed by atoms with van der Waals surface area (Å²) >= 11 is 0. The Labute approximate surface area is 124 Å². The molecule has 21 heavy (non-hydrogen) atoms. The van der Waals surface area contributed by atoms with Crippen LogP contribution in [0.2, 0.25) is 0 Å². The molecule has 1 unspecified atom stereocenters. The highest BCUT2D eigenvalue weighted by molar-refractivity contribution is 5.81. The average Bonchev–Trinajstić information content (AvgIpc) is 3.05. The molecular formula is C16H20N2O3. The van der Waals surface area contributed by atoms with E-state index < -0.39 is 0 Å². The van der Waals surface area contributed by atoms with Gasteiger partial charge >= 0.3 is 0 Å². The summed E-state index contributed by atoms with van der Waals surface area (Å²) in [6.07, 6.45) is 1.43. The number of hydrogen-bond donors (Lipinski definition) is 1. The number of carbonyl (C=O) groups is 2. The lowest BCUT2D eigenvalue weighted by atomic mass is 9.86. The summed E-state index contributed by atoms with van der Waals surface area (Å²) in [7, 11) is 0. The van der Waals surface area contributed by atoms with Gasteiger partial charge in [-0.15, -0.1) is 0 Å². The number of rotatable bonds is 3. The molecule has 0 radical (unpaired) electrons. The number of carbonyl (C=O) groups excluding carboxylic acids is 2. The zero-order chi connectivity index (χ0) is 14.9. The lowest BCUT2D eigenvalue weighted by Crippen LogP contribution is -2.36. The molecule has 112 valence electrons. The van der Waals surface area contributed by atoms with E-state index in [0.29, 0.717) is 31.8 Å². The lowest BCUT2D eigenvalue weighted by Gasteiger charge is -2.21. The zero-order valence-corrected chi connectivity index (χ0v) is 12.2. The first kappa shape index (κ1) is 13.9. The largest absolute Gasteiger partial charge is 0.484 e. The molecular weight excluding hydrogens is 268 g/mol. The van der Waals surface area contributed by atoms with Gasteiger partial charge in [0.05, 0.1) is 0 Å². The van der Waals surface area contributed by atoms with Gasteiger partial charge in [0.25, 0.3) is 5.91 Å². The Morgan fingerprint density at radius 1 is 1.38 bits per heavy atom. The van der Waals surface area contributed by atoms with Crippen molar-refractivity contribution in [3.63, 3.8) is 0 Å². The Hall–Kier alpha value is -2.04. The van der Waals surface area contributed by atoms with E-state index in [1.807, 2.05) is 36.1 Å². The number of hydrogen-bond acceptors (Lipinski definition) is 3. The van der Waals surface area contributed by atoms with Crippen LogP contribution in [0.25, 0.3) is 0 Å². The highest BCUT2D eigenvalue weighted by atomic mass is 16.5. The molecule has 2 fully saturated rings. The Bertz CT molecular complexity index is 555. The van der Waals surface area contributed by atoms with Crippen molar-refractivity contribution in [3.05, 3.63) is 29.8 Å². The number of likely N-dealkylation sites (tertiary alicyclic amines) is 1. The first-order valence-corrected chi connectivity index (χ1v) is 7.30. The fraction of sp³-hybridized carbons (Fsp3) is 0.500. The van der Waals surface area contributed by atoms with E-state index in [0.717, 1.165) is 12.0 Å². The molecule has 1 N–H and O–H groups in total. The Kier molecular flexibility index (Phi) is 3.57. The van der Waals surface area contributed by atoms with E-state index in [1.165, 1.54) is 0 Å². The van der Waals surface area contributed by atoms with Gasteiger partial charge in [-0.1, -0.05) is 17.7 Å². The van der Waals surface area contributed by atoms with Crippen LogP contribution in [0, 0.1) is 12.3 Å². The van der Waals surface area contributed by atoms with Crippen molar-refractivity contribution in [3.8, 4) is 5.75 Å². The standard InChI is InChI=1S/C16H20N2O3/c1-12-2-4-13(5-3-12)21-9-15(20)18-7-6-16(11-18)8-14(19)17-10-16/h2-5H,6-11H2,1H3,(H,17,19). The van der Waals surface area contributed by atoms with Gasteiger partial charge in [-0.05, 0) is 25.5 Å². The fourth-order valence-electron chi connectivity index (χ4n) is 3.06. The molecule has 0 bridgehead atoms. The topological polar surface area (TPSA) is 58.6 Å². The Morgan fingerprint density at radius 2 is 2.14 bits per heavy atom. The molecule has 1 aromatic rings. The number of nitrogens with one attached hydrogen (secondary N) is 1. The second-order valence-corrected chi connectivity index (χ2v) is 6.12. The van der Waals surface area contributed by atoms with Crippen LogP contribution in [0.3, 0.4) is 0 Å². The van der Waals surface area contributed by atoms with Crippen LogP contribution in [0.15, 0.2) is 24.3 Å². The molecule has 1 spiro atoms. The van der Waals surface area contributed by atoms with Crippen LogP contribution in [0.1, 0.15) is 18.4 Å². The molecule has 3 rings (SSSR count). The fourth-order valence-corrected chi connectivity index (χ4v) is 3.06. The Morgan fingerprint density at radius 3 is 2.81 bits per heavy atom. The highest BCUT2D eigenvalue weighted by Gasteiger charge is 2.45. The summed E-state index contributed by atoms with van der Waals surface area (Å²) in [4.78, 5) is 25.4. The van der Waals surface area contributed by atoms with Crippen LogP contribution >= 0.6 is 0 Å². The minimum atomic E-state index is -0.0450. The average molecular weight is 288 g/mol. The quantitative estimate of drug-likeness (QED) is 0.906. The predicted octanol–water partition coefficient (Wildman–Crippen LogP) is 1.11. The molecule has 0 saturated carbocycles. The molecule has 1 aromatic carbocycles. The van der Waals surface area contributed by atoms with Gasteiger partial charge in [0.1, 0.15) is 5.75 Å². The van der Waals surface area contributed by atoms with Crippen molar-refractivity contribution < 1.29 is 14.3 Å². The van der Waals surface area contributed by atoms with Gasteiger partial charge in [0.15, 0.2) is 6.61 Å². The van der Waals surface area contributed by atoms with Gasteiger partial charge in [0.2, 0.25) is 5.91 Å². The van der Waals surface area contributed by atoms with E-state index in [4.69, 9.17) is 4.74 Å². The molecule has 0 aliphatic carbocycles. The van der Waals surface area contributed by atoms with Crippen molar-refractivity contribution in [1.82, 2.24) is 10.2 Å². The molecule has 5 nitrogen and oxygen atoms in total. The molecule has 5 heteroatoms. The van der Waals surface area contributed by atoms with E-state index in [-0.39, 0.29) is 23.8 Å². The van der Waals surface area contributed by atoms with Crippen molar-refractivity contribution >= 4 is 11.8 Å². The van der Waals surface area contributed by atoms with Gasteiger partial charge in [0, 0.05) is 31.5 Å². The summed E-state index contributed by atoms with van der Waals surface area (Å²) in [5.41, 5.74) is 1.12. The van der Waals surface area contributed by atoms with Gasteiger partial charge in [-0.25, -0.2) is 0 Å². The van der Waals surface area contributed by atoms with Crippen molar-refractivity contribution in [1.29, 1.82) is 0 Å². The van der Waals surface area contributed by atoms with Crippen LogP contribution in [-0.2, 0) is 9.59 Å². The van der Waals surface area contributed by atoms with E-state index >= 15 is 0 Å². The molecule has 2 saturated heterocycles. The molecule has 2 heterocycles. The Balaban J connectivity index is 1.52. The maximum absolute atomic E-state index is 12.2. The minimum absolute atomic E-state index is 0.00759. The summed E-state index contributed by atoms with van der Waals surface area (Å²) in [5, 5.41) is 2.87. The number of nitrogens with zero attached hydrogens (tertiary/aromatic N) is 1. The maximum atomic E-state index is 12.2. The van der Waals surface area contributed by atoms with Crippen LogP contribution in [-0.4, -0.2) is 43.0 Å². The minimum Gasteiger partial charge on any atom is -0.484 e. The van der Waals surface area contributed by atoms with Crippen LogP contribution < -0.4 is 10.1 Å². The molecule has 2 aliphatic heterocycles. The van der Waals surface area contributed by atoms with Crippen LogP contribution in [0.4, 0.5) is 0 Å². The third-order valence-electron chi connectivity index (χ3n) is 4.37. The summed E-state index contributed by atoms with van der Waals surface area (Å²) in [5.74, 6) is 0.799. The number of ether oxygens (including phenoxy) is 1. The smallest absolute Gasteiger partial charge is 0.260 e. The van der Waals surface area contributed by atoms with Gasteiger partial charge in [-0.3, -0.25) is 9.59 Å². The molecule has 2 aliphatic rings. The van der Waals surface area contributed by atoms with E-state index in [9.17, 15) is 9.59 Å². The third-order valence-corrected chi connectivity index (χ3v) is 4.37. The van der Waals surface area contributed by atoms with E-state index in [2.05, 4.69) is 5.32 Å². The molecule has 2 amide bonds. The first-order valence-electron chi connectivity index (χ1n) is 7.30.